The van der Waals surface area contributed by atoms with Gasteiger partial charge in [-0.25, -0.2) is 9.97 Å². The van der Waals surface area contributed by atoms with Gasteiger partial charge in [0.15, 0.2) is 0 Å². The number of rotatable bonds is 8. The second-order valence-electron chi connectivity index (χ2n) is 10.7. The van der Waals surface area contributed by atoms with Crippen LogP contribution in [-0.2, 0) is 9.59 Å². The Bertz CT molecular complexity index is 1920. The van der Waals surface area contributed by atoms with Gasteiger partial charge in [-0.3, -0.25) is 9.59 Å². The quantitative estimate of drug-likeness (QED) is 0.196. The minimum Gasteiger partial charge on any atom is -0.481 e. The Balaban J connectivity index is 0.00000423. The van der Waals surface area contributed by atoms with E-state index in [0.717, 1.165) is 78.0 Å². The van der Waals surface area contributed by atoms with Gasteiger partial charge in [-0.05, 0) is 98.2 Å². The van der Waals surface area contributed by atoms with Crippen molar-refractivity contribution in [2.45, 2.75) is 53.4 Å². The van der Waals surface area contributed by atoms with Crippen LogP contribution in [0.1, 0.15) is 84.6 Å². The Kier molecular flexibility index (Phi) is 9.35. The molecule has 0 unspecified atom stereocenters. The fraction of sp³-hybridized carbons (Fsp3) is 0.235. The molecule has 214 valence electrons. The van der Waals surface area contributed by atoms with Crippen molar-refractivity contribution in [1.82, 2.24) is 19.9 Å². The van der Waals surface area contributed by atoms with E-state index in [4.69, 9.17) is 9.97 Å². The number of fused-ring (bicyclic) bond motifs is 8. The molecule has 0 aromatic carbocycles. The average molecular weight is 677 g/mol. The number of aromatic nitrogens is 4. The molecule has 0 saturated carbocycles. The van der Waals surface area contributed by atoms with E-state index in [1.807, 2.05) is 58.0 Å². The SMILES string of the molecule is C=Cc1c(C)c2cc3[nH]c(cc4nc(cc5nc(cc1[nH]2)C(C)=C5CCC(=O)O)C(CCC(=O)O)=C4C)c(C)c3C=C.[In+3]. The van der Waals surface area contributed by atoms with Crippen molar-refractivity contribution in [1.29, 1.82) is 0 Å². The zero-order chi connectivity index (χ0) is 30.3. The molecule has 0 spiro atoms. The predicted molar refractivity (Wildman–Crippen MR) is 175 cm³/mol. The van der Waals surface area contributed by atoms with E-state index < -0.39 is 11.9 Å². The minimum atomic E-state index is -0.889. The fourth-order valence-electron chi connectivity index (χ4n) is 5.77. The topological polar surface area (TPSA) is 132 Å². The molecular formula is C34H34InN4O4+3. The van der Waals surface area contributed by atoms with E-state index in [2.05, 4.69) is 29.2 Å². The molecule has 43 heavy (non-hydrogen) atoms. The summed E-state index contributed by atoms with van der Waals surface area (Å²) in [5, 5.41) is 18.9. The molecule has 9 heteroatoms. The summed E-state index contributed by atoms with van der Waals surface area (Å²) in [7, 11) is 0. The van der Waals surface area contributed by atoms with Crippen LogP contribution in [0.3, 0.4) is 0 Å². The minimum absolute atomic E-state index is 0. The number of hydrogen-bond donors (Lipinski definition) is 4. The van der Waals surface area contributed by atoms with Gasteiger partial charge in [0.1, 0.15) is 0 Å². The van der Waals surface area contributed by atoms with Crippen LogP contribution in [-0.4, -0.2) is 67.9 Å². The summed E-state index contributed by atoms with van der Waals surface area (Å²) in [4.78, 5) is 40.0. The van der Waals surface area contributed by atoms with E-state index in [0.29, 0.717) is 24.2 Å². The first-order chi connectivity index (χ1) is 20.0. The van der Waals surface area contributed by atoms with E-state index in [-0.39, 0.29) is 38.7 Å². The van der Waals surface area contributed by atoms with Crippen molar-refractivity contribution < 1.29 is 19.8 Å². The Morgan fingerprint density at radius 3 is 1.49 bits per heavy atom. The molecule has 5 rings (SSSR count). The van der Waals surface area contributed by atoms with E-state index in [1.165, 1.54) is 0 Å². The van der Waals surface area contributed by atoms with Gasteiger partial charge in [-0.1, -0.05) is 25.3 Å². The van der Waals surface area contributed by atoms with Gasteiger partial charge in [0.05, 0.1) is 22.8 Å². The number of carbonyl (C=O) groups is 2. The van der Waals surface area contributed by atoms with Crippen molar-refractivity contribution in [2.75, 3.05) is 0 Å². The third-order valence-electron chi connectivity index (χ3n) is 8.22. The number of allylic oxidation sites excluding steroid dienone is 4. The number of aromatic amines is 2. The second-order valence-corrected chi connectivity index (χ2v) is 10.7. The molecule has 2 aliphatic rings. The molecule has 8 bridgehead atoms. The van der Waals surface area contributed by atoms with Crippen LogP contribution >= 0.6 is 0 Å². The molecule has 0 amide bonds. The number of hydrogen-bond acceptors (Lipinski definition) is 4. The Hall–Kier alpha value is -4.11. The fourth-order valence-corrected chi connectivity index (χ4v) is 5.77. The van der Waals surface area contributed by atoms with Crippen LogP contribution in [0.2, 0.25) is 0 Å². The van der Waals surface area contributed by atoms with Crippen molar-refractivity contribution >= 4 is 94.3 Å². The zero-order valence-corrected chi connectivity index (χ0v) is 28.2. The Morgan fingerprint density at radius 1 is 0.674 bits per heavy atom. The van der Waals surface area contributed by atoms with Crippen LogP contribution in [0.5, 0.6) is 0 Å². The summed E-state index contributed by atoms with van der Waals surface area (Å²) in [5.41, 5.74) is 13.7. The van der Waals surface area contributed by atoms with Gasteiger partial charge in [0.2, 0.25) is 0 Å². The largest absolute Gasteiger partial charge is 3.00 e. The number of aliphatic carboxylic acids is 2. The molecule has 5 heterocycles. The van der Waals surface area contributed by atoms with E-state index in [1.54, 1.807) is 0 Å². The van der Waals surface area contributed by atoms with Crippen LogP contribution in [0, 0.1) is 13.8 Å². The van der Waals surface area contributed by atoms with Gasteiger partial charge in [0, 0.05) is 46.0 Å². The average Bonchev–Trinajstić information content (AvgIpc) is 3.59. The summed E-state index contributed by atoms with van der Waals surface area (Å²) < 4.78 is 0. The standard InChI is InChI=1S/C34H34N4O4.In/c1-7-21-17(3)25-13-26-19(5)23(9-11-33(39)40)31(37-26)16-32-24(10-12-34(41)42)20(6)28(38-32)15-30-22(8-2)18(4)27(36-30)14-29(21)35-25;/h7-8,13-16,35-36H,1-2,9-12H2,3-6H3,(H,39,40)(H,41,42);/q;+3. The normalized spacial score (nSPS) is 12.7. The monoisotopic (exact) mass is 677 g/mol. The molecule has 0 saturated heterocycles. The summed E-state index contributed by atoms with van der Waals surface area (Å²) in [6.45, 7) is 16.1. The summed E-state index contributed by atoms with van der Waals surface area (Å²) in [6, 6.07) is 7.88. The maximum Gasteiger partial charge on any atom is 3.00 e. The van der Waals surface area contributed by atoms with Gasteiger partial charge in [0.25, 0.3) is 0 Å². The summed E-state index contributed by atoms with van der Waals surface area (Å²) >= 11 is 0. The van der Waals surface area contributed by atoms with Crippen LogP contribution < -0.4 is 0 Å². The number of nitrogens with zero attached hydrogens (tertiary/aromatic N) is 2. The van der Waals surface area contributed by atoms with E-state index in [9.17, 15) is 19.8 Å². The van der Waals surface area contributed by atoms with E-state index >= 15 is 0 Å². The maximum atomic E-state index is 11.5. The van der Waals surface area contributed by atoms with Crippen molar-refractivity contribution in [3.8, 4) is 0 Å². The number of carboxylic acids is 2. The number of H-pyrrole nitrogens is 2. The smallest absolute Gasteiger partial charge is 0.481 e. The van der Waals surface area contributed by atoms with Gasteiger partial charge < -0.3 is 20.2 Å². The summed E-state index contributed by atoms with van der Waals surface area (Å²) in [5.74, 6) is -1.78. The van der Waals surface area contributed by atoms with Gasteiger partial charge in [-0.2, -0.15) is 0 Å². The third kappa shape index (κ3) is 6.04. The zero-order valence-electron chi connectivity index (χ0n) is 24.9. The molecular weight excluding hydrogens is 643 g/mol. The molecule has 2 aliphatic heterocycles. The molecule has 0 radical (unpaired) electrons. The number of nitrogens with one attached hydrogen (secondary N) is 2. The Labute approximate surface area is 268 Å². The van der Waals surface area contributed by atoms with Crippen molar-refractivity contribution in [3.63, 3.8) is 0 Å². The molecule has 3 aromatic heterocycles. The molecule has 0 aliphatic carbocycles. The third-order valence-corrected chi connectivity index (χ3v) is 8.22. The Morgan fingerprint density at radius 2 is 1.07 bits per heavy atom. The summed E-state index contributed by atoms with van der Waals surface area (Å²) in [6.07, 6.45) is 4.20. The molecule has 0 atom stereocenters. The van der Waals surface area contributed by atoms with Crippen molar-refractivity contribution in [3.05, 3.63) is 82.5 Å². The first kappa shape index (κ1) is 31.8. The first-order valence-electron chi connectivity index (χ1n) is 13.9. The predicted octanol–water partition coefficient (Wildman–Crippen LogP) is 7.43. The first-order valence-corrected chi connectivity index (χ1v) is 13.9. The van der Waals surface area contributed by atoms with Crippen LogP contribution in [0.15, 0.2) is 37.4 Å². The molecule has 0 fully saturated rings. The maximum absolute atomic E-state index is 11.5. The molecule has 8 nitrogen and oxygen atoms in total. The van der Waals surface area contributed by atoms with Gasteiger partial charge >= 0.3 is 37.8 Å². The van der Waals surface area contributed by atoms with Crippen LogP contribution in [0.25, 0.3) is 56.5 Å². The number of aryl methyl sites for hydroxylation is 2. The molecule has 3 aromatic rings. The molecule has 4 N–H and O–H groups in total. The second kappa shape index (κ2) is 12.6. The number of carboxylic acid groups (broad SMARTS) is 2. The van der Waals surface area contributed by atoms with Crippen molar-refractivity contribution in [2.24, 2.45) is 0 Å². The van der Waals surface area contributed by atoms with Crippen LogP contribution in [0.4, 0.5) is 0 Å². The van der Waals surface area contributed by atoms with Gasteiger partial charge in [-0.15, -0.1) is 0 Å².